The van der Waals surface area contributed by atoms with Gasteiger partial charge in [0, 0.05) is 6.92 Å². The quantitative estimate of drug-likeness (QED) is 0.495. The van der Waals surface area contributed by atoms with Crippen LogP contribution >= 0.6 is 11.8 Å². The second kappa shape index (κ2) is 8.87. The van der Waals surface area contributed by atoms with Gasteiger partial charge in [0.1, 0.15) is 6.04 Å². The Hall–Kier alpha value is 0.290. The topological polar surface area (TPSA) is 66.4 Å². The summed E-state index contributed by atoms with van der Waals surface area (Å²) in [5.74, 6) is -0.542. The second-order valence-electron chi connectivity index (χ2n) is 2.37. The molecule has 0 aromatic rings. The Kier molecular flexibility index (Phi) is 10.7. The van der Waals surface area contributed by atoms with Crippen molar-refractivity contribution < 1.29 is 45.7 Å². The summed E-state index contributed by atoms with van der Waals surface area (Å²) in [5.41, 5.74) is 0. The molecule has 0 rings (SSSR count). The summed E-state index contributed by atoms with van der Waals surface area (Å²) >= 11 is 1.56. The van der Waals surface area contributed by atoms with Gasteiger partial charge in [0.25, 0.3) is 0 Å². The zero-order chi connectivity index (χ0) is 9.56. The van der Waals surface area contributed by atoms with Gasteiger partial charge in [0.2, 0.25) is 5.91 Å². The molecule has 13 heavy (non-hydrogen) atoms. The van der Waals surface area contributed by atoms with Crippen molar-refractivity contribution in [3.8, 4) is 0 Å². The first-order valence-electron chi connectivity index (χ1n) is 3.56. The third kappa shape index (κ3) is 8.62. The van der Waals surface area contributed by atoms with Crippen LogP contribution in [0, 0.1) is 0 Å². The predicted octanol–water partition coefficient (Wildman–Crippen LogP) is -2.55. The van der Waals surface area contributed by atoms with E-state index in [1.165, 1.54) is 6.92 Å². The molecule has 0 aliphatic rings. The fourth-order valence-corrected chi connectivity index (χ4v) is 1.21. The van der Waals surface area contributed by atoms with Gasteiger partial charge in [-0.05, 0) is 18.4 Å². The van der Waals surface area contributed by atoms with Crippen LogP contribution < -0.4 is 34.9 Å². The first-order valence-corrected chi connectivity index (χ1v) is 4.96. The fourth-order valence-electron chi connectivity index (χ4n) is 0.738. The van der Waals surface area contributed by atoms with Crippen LogP contribution in [0.1, 0.15) is 14.8 Å². The van der Waals surface area contributed by atoms with Gasteiger partial charge in [0.15, 0.2) is 0 Å². The van der Waals surface area contributed by atoms with Gasteiger partial charge in [0.05, 0.1) is 0 Å². The van der Waals surface area contributed by atoms with E-state index >= 15 is 0 Å². The minimum absolute atomic E-state index is 0. The van der Waals surface area contributed by atoms with Crippen molar-refractivity contribution in [2.45, 2.75) is 19.4 Å². The molecule has 0 saturated carbocycles. The summed E-state index contributed by atoms with van der Waals surface area (Å²) in [6.07, 6.45) is 2.36. The van der Waals surface area contributed by atoms with Crippen molar-refractivity contribution in [1.29, 1.82) is 0 Å². The van der Waals surface area contributed by atoms with Gasteiger partial charge < -0.3 is 11.8 Å². The summed E-state index contributed by atoms with van der Waals surface area (Å²) in [6.45, 7) is 1.31. The maximum absolute atomic E-state index is 10.5. The Morgan fingerprint density at radius 2 is 2.15 bits per heavy atom. The van der Waals surface area contributed by atoms with Crippen LogP contribution in [-0.2, 0) is 9.59 Å². The van der Waals surface area contributed by atoms with Crippen molar-refractivity contribution in [2.24, 2.45) is 0 Å². The first-order chi connectivity index (χ1) is 5.57. The zero-order valence-electron chi connectivity index (χ0n) is 9.16. The number of carboxylic acids is 1. The molecule has 4 nitrogen and oxygen atoms in total. The van der Waals surface area contributed by atoms with Crippen LogP contribution in [0.25, 0.3) is 0 Å². The van der Waals surface area contributed by atoms with Gasteiger partial charge in [-0.1, -0.05) is 0 Å². The third-order valence-corrected chi connectivity index (χ3v) is 1.93. The van der Waals surface area contributed by atoms with E-state index in [0.717, 1.165) is 5.75 Å². The number of aliphatic carboxylic acids is 1. The number of carbonyl (C=O) groups excluding carboxylic acids is 1. The van der Waals surface area contributed by atoms with Gasteiger partial charge >= 0.3 is 35.5 Å². The molecule has 0 spiro atoms. The molecule has 0 heterocycles. The van der Waals surface area contributed by atoms with E-state index < -0.39 is 12.0 Å². The average Bonchev–Trinajstić information content (AvgIpc) is 1.96. The van der Waals surface area contributed by atoms with Crippen LogP contribution in [0.4, 0.5) is 0 Å². The number of carboxylic acid groups (broad SMARTS) is 1. The van der Waals surface area contributed by atoms with E-state index in [9.17, 15) is 9.59 Å². The molecular formula is C7H14NNaO3S. The average molecular weight is 215 g/mol. The minimum atomic E-state index is -0.973. The standard InChI is InChI=1S/C7H13NO3S.Na.H/c1-5(9)8-6(7(10)11)3-4-12-2;;/h6H,3-4H2,1-2H3,(H,8,9)(H,10,11);;/q;+1;-1/t6-;;/m0../s1. The van der Waals surface area contributed by atoms with E-state index in [-0.39, 0.29) is 36.9 Å². The molecule has 0 fully saturated rings. The zero-order valence-corrected chi connectivity index (χ0v) is 11.0. The van der Waals surface area contributed by atoms with Gasteiger partial charge in [-0.25, -0.2) is 4.79 Å². The van der Waals surface area contributed by atoms with Gasteiger partial charge in [-0.3, -0.25) is 4.79 Å². The molecule has 72 valence electrons. The van der Waals surface area contributed by atoms with Crippen LogP contribution in [0.15, 0.2) is 0 Å². The number of amides is 1. The first kappa shape index (κ1) is 15.7. The van der Waals surface area contributed by atoms with E-state index in [1.807, 2.05) is 6.26 Å². The van der Waals surface area contributed by atoms with E-state index in [4.69, 9.17) is 5.11 Å². The Morgan fingerprint density at radius 3 is 2.46 bits per heavy atom. The maximum atomic E-state index is 10.5. The fraction of sp³-hybridized carbons (Fsp3) is 0.714. The molecule has 0 aliphatic heterocycles. The third-order valence-electron chi connectivity index (χ3n) is 1.29. The smallest absolute Gasteiger partial charge is 1.00 e. The van der Waals surface area contributed by atoms with Crippen LogP contribution in [0.3, 0.4) is 0 Å². The number of thioether (sulfide) groups is 1. The molecule has 0 aliphatic carbocycles. The van der Waals surface area contributed by atoms with E-state index in [0.29, 0.717) is 6.42 Å². The second-order valence-corrected chi connectivity index (χ2v) is 3.36. The molecule has 0 aromatic carbocycles. The van der Waals surface area contributed by atoms with Gasteiger partial charge in [-0.15, -0.1) is 0 Å². The van der Waals surface area contributed by atoms with E-state index in [1.54, 1.807) is 11.8 Å². The van der Waals surface area contributed by atoms with Crippen molar-refractivity contribution in [3.63, 3.8) is 0 Å². The number of hydrogen-bond acceptors (Lipinski definition) is 3. The normalized spacial score (nSPS) is 11.2. The number of rotatable bonds is 5. The maximum Gasteiger partial charge on any atom is 1.00 e. The van der Waals surface area contributed by atoms with Crippen molar-refractivity contribution in [2.75, 3.05) is 12.0 Å². The SMILES string of the molecule is CSCC[C@H](NC(C)=O)C(=O)O.[H-].[Na+]. The molecule has 0 bridgehead atoms. The van der Waals surface area contributed by atoms with Crippen LogP contribution in [-0.4, -0.2) is 35.0 Å². The van der Waals surface area contributed by atoms with Crippen molar-refractivity contribution >= 4 is 23.6 Å². The Balaban J connectivity index is -0.000000605. The Labute approximate surface area is 106 Å². The van der Waals surface area contributed by atoms with Gasteiger partial charge in [-0.2, -0.15) is 11.8 Å². The molecule has 1 atom stereocenters. The Morgan fingerprint density at radius 1 is 1.62 bits per heavy atom. The summed E-state index contributed by atoms with van der Waals surface area (Å²) in [6, 6.07) is -0.741. The molecule has 1 amide bonds. The molecule has 0 unspecified atom stereocenters. The molecule has 0 aromatic heterocycles. The van der Waals surface area contributed by atoms with Crippen molar-refractivity contribution in [3.05, 3.63) is 0 Å². The molecule has 6 heteroatoms. The Bertz CT molecular complexity index is 182. The largest absolute Gasteiger partial charge is 1.00 e. The monoisotopic (exact) mass is 215 g/mol. The molecule has 0 saturated heterocycles. The number of hydrogen-bond donors (Lipinski definition) is 2. The molecular weight excluding hydrogens is 201 g/mol. The molecule has 2 N–H and O–H groups in total. The summed E-state index contributed by atoms with van der Waals surface area (Å²) < 4.78 is 0. The number of nitrogens with one attached hydrogen (secondary N) is 1. The predicted molar refractivity (Wildman–Crippen MR) is 49.4 cm³/mol. The van der Waals surface area contributed by atoms with Crippen LogP contribution in [0.5, 0.6) is 0 Å². The van der Waals surface area contributed by atoms with E-state index in [2.05, 4.69) is 5.32 Å². The molecule has 0 radical (unpaired) electrons. The minimum Gasteiger partial charge on any atom is -1.00 e. The summed E-state index contributed by atoms with van der Waals surface area (Å²) in [7, 11) is 0. The summed E-state index contributed by atoms with van der Waals surface area (Å²) in [4.78, 5) is 21.1. The number of carbonyl (C=O) groups is 2. The van der Waals surface area contributed by atoms with Crippen LogP contribution in [0.2, 0.25) is 0 Å². The van der Waals surface area contributed by atoms with Crippen molar-refractivity contribution in [1.82, 2.24) is 5.32 Å². The summed E-state index contributed by atoms with van der Waals surface area (Å²) in [5, 5.41) is 11.0.